The fourth-order valence-corrected chi connectivity index (χ4v) is 3.89. The first-order valence-electron chi connectivity index (χ1n) is 13.5. The standard InChI is InChI=1S/C30H40BNO8/c1-9-36-24-17-21(31-39-29(5,6)30(7,8)40-31)15-16-22(24)26(34)32-23(27(35)38-28(2,3)4)18-25(33)37-19-20-13-11-10-12-14-20/h10-17,23H,9,18-19H2,1-8H3,(H,32,34)/t23-/m0/s1. The summed E-state index contributed by atoms with van der Waals surface area (Å²) in [6.45, 7) is 15.1. The molecule has 1 aliphatic rings. The first-order valence-corrected chi connectivity index (χ1v) is 13.5. The average molecular weight is 553 g/mol. The van der Waals surface area contributed by atoms with Gasteiger partial charge in [-0.15, -0.1) is 0 Å². The van der Waals surface area contributed by atoms with Gasteiger partial charge < -0.3 is 28.8 Å². The number of amides is 1. The number of hydrogen-bond donors (Lipinski definition) is 1. The topological polar surface area (TPSA) is 109 Å². The maximum absolute atomic E-state index is 13.4. The van der Waals surface area contributed by atoms with Gasteiger partial charge in [0.15, 0.2) is 0 Å². The van der Waals surface area contributed by atoms with Crippen molar-refractivity contribution in [2.24, 2.45) is 0 Å². The van der Waals surface area contributed by atoms with Crippen molar-refractivity contribution in [1.82, 2.24) is 5.32 Å². The molecule has 1 heterocycles. The van der Waals surface area contributed by atoms with Gasteiger partial charge in [0.2, 0.25) is 0 Å². The van der Waals surface area contributed by atoms with E-state index >= 15 is 0 Å². The summed E-state index contributed by atoms with van der Waals surface area (Å²) in [6, 6.07) is 12.9. The Bertz CT molecular complexity index is 1190. The number of carbonyl (C=O) groups is 3. The molecule has 1 aliphatic heterocycles. The number of benzene rings is 2. The smallest absolute Gasteiger partial charge is 0.493 e. The number of esters is 2. The average Bonchev–Trinajstić information content (AvgIpc) is 3.08. The second-order valence-electron chi connectivity index (χ2n) is 11.7. The van der Waals surface area contributed by atoms with Crippen LogP contribution in [0.15, 0.2) is 48.5 Å². The molecule has 0 saturated carbocycles. The van der Waals surface area contributed by atoms with E-state index in [1.165, 1.54) is 0 Å². The predicted molar refractivity (Wildman–Crippen MR) is 151 cm³/mol. The Balaban J connectivity index is 1.79. The van der Waals surface area contributed by atoms with Crippen LogP contribution in [0, 0.1) is 0 Å². The molecule has 0 aromatic heterocycles. The molecule has 1 saturated heterocycles. The van der Waals surface area contributed by atoms with E-state index in [2.05, 4.69) is 5.32 Å². The quantitative estimate of drug-likeness (QED) is 0.348. The molecular formula is C30H40BNO8. The summed E-state index contributed by atoms with van der Waals surface area (Å²) in [4.78, 5) is 39.0. The molecular weight excluding hydrogens is 513 g/mol. The van der Waals surface area contributed by atoms with Crippen molar-refractivity contribution >= 4 is 30.4 Å². The Morgan fingerprint density at radius 1 is 0.975 bits per heavy atom. The lowest BCUT2D eigenvalue weighted by atomic mass is 9.78. The fraction of sp³-hybridized carbons (Fsp3) is 0.500. The molecule has 0 bridgehead atoms. The molecule has 0 unspecified atom stereocenters. The van der Waals surface area contributed by atoms with Gasteiger partial charge in [0.1, 0.15) is 24.0 Å². The van der Waals surface area contributed by atoms with Gasteiger partial charge >= 0.3 is 19.1 Å². The molecule has 1 fully saturated rings. The number of ether oxygens (including phenoxy) is 3. The van der Waals surface area contributed by atoms with Crippen LogP contribution in [0.3, 0.4) is 0 Å². The maximum Gasteiger partial charge on any atom is 0.494 e. The highest BCUT2D eigenvalue weighted by atomic mass is 16.7. The van der Waals surface area contributed by atoms with Crippen LogP contribution in [0.25, 0.3) is 0 Å². The van der Waals surface area contributed by atoms with Crippen molar-refractivity contribution in [3.05, 3.63) is 59.7 Å². The molecule has 3 rings (SSSR count). The van der Waals surface area contributed by atoms with Gasteiger partial charge in [0.05, 0.1) is 29.8 Å². The normalized spacial score (nSPS) is 16.6. The van der Waals surface area contributed by atoms with Crippen LogP contribution in [0.1, 0.15) is 77.7 Å². The minimum absolute atomic E-state index is 0.0452. The van der Waals surface area contributed by atoms with E-state index in [9.17, 15) is 14.4 Å². The molecule has 9 nitrogen and oxygen atoms in total. The Kier molecular flexibility index (Phi) is 9.69. The summed E-state index contributed by atoms with van der Waals surface area (Å²) in [7, 11) is -0.643. The number of hydrogen-bond acceptors (Lipinski definition) is 8. The van der Waals surface area contributed by atoms with Gasteiger partial charge in [-0.2, -0.15) is 0 Å². The van der Waals surface area contributed by atoms with Crippen molar-refractivity contribution in [2.45, 2.75) is 91.3 Å². The monoisotopic (exact) mass is 553 g/mol. The van der Waals surface area contributed by atoms with Crippen molar-refractivity contribution in [2.75, 3.05) is 6.61 Å². The molecule has 0 aliphatic carbocycles. The highest BCUT2D eigenvalue weighted by molar-refractivity contribution is 6.62. The second-order valence-corrected chi connectivity index (χ2v) is 11.7. The van der Waals surface area contributed by atoms with Crippen molar-refractivity contribution in [3.8, 4) is 5.75 Å². The van der Waals surface area contributed by atoms with E-state index in [-0.39, 0.29) is 12.2 Å². The molecule has 1 amide bonds. The third-order valence-electron chi connectivity index (χ3n) is 6.69. The summed E-state index contributed by atoms with van der Waals surface area (Å²) in [5, 5.41) is 2.64. The Morgan fingerprint density at radius 3 is 2.17 bits per heavy atom. The number of rotatable bonds is 10. The lowest BCUT2D eigenvalue weighted by Gasteiger charge is -2.32. The van der Waals surface area contributed by atoms with Gasteiger partial charge in [-0.05, 0) is 78.5 Å². The predicted octanol–water partition coefficient (Wildman–Crippen LogP) is 3.96. The van der Waals surface area contributed by atoms with E-state index in [0.717, 1.165) is 5.56 Å². The summed E-state index contributed by atoms with van der Waals surface area (Å²) < 4.78 is 28.9. The first kappa shape index (κ1) is 31.2. The first-order chi connectivity index (χ1) is 18.6. The third-order valence-corrected chi connectivity index (χ3v) is 6.69. The summed E-state index contributed by atoms with van der Waals surface area (Å²) in [5.41, 5.74) is -0.211. The lowest BCUT2D eigenvalue weighted by molar-refractivity contribution is -0.161. The van der Waals surface area contributed by atoms with Crippen LogP contribution in [0.2, 0.25) is 0 Å². The van der Waals surface area contributed by atoms with E-state index in [4.69, 9.17) is 23.5 Å². The van der Waals surface area contributed by atoms with Crippen LogP contribution < -0.4 is 15.5 Å². The third kappa shape index (κ3) is 8.08. The zero-order valence-corrected chi connectivity index (χ0v) is 24.7. The highest BCUT2D eigenvalue weighted by Gasteiger charge is 2.51. The SMILES string of the molecule is CCOc1cc(B2OC(C)(C)C(C)(C)O2)ccc1C(=O)N[C@@H](CC(=O)OCc1ccccc1)C(=O)OC(C)(C)C. The van der Waals surface area contributed by atoms with E-state index in [0.29, 0.717) is 17.8 Å². The summed E-state index contributed by atoms with van der Waals surface area (Å²) >= 11 is 0. The molecule has 40 heavy (non-hydrogen) atoms. The van der Waals surface area contributed by atoms with Crippen LogP contribution in [0.5, 0.6) is 5.75 Å². The largest absolute Gasteiger partial charge is 0.494 e. The summed E-state index contributed by atoms with van der Waals surface area (Å²) in [5.74, 6) is -1.71. The minimum atomic E-state index is -1.27. The van der Waals surface area contributed by atoms with Crippen LogP contribution in [-0.2, 0) is 35.0 Å². The molecule has 0 spiro atoms. The molecule has 10 heteroatoms. The molecule has 216 valence electrons. The van der Waals surface area contributed by atoms with E-state index in [1.807, 2.05) is 58.0 Å². The number of carbonyl (C=O) groups excluding carboxylic acids is 3. The van der Waals surface area contributed by atoms with E-state index < -0.39 is 54.2 Å². The van der Waals surface area contributed by atoms with Crippen LogP contribution in [0.4, 0.5) is 0 Å². The van der Waals surface area contributed by atoms with Crippen molar-refractivity contribution in [1.29, 1.82) is 0 Å². The van der Waals surface area contributed by atoms with Gasteiger partial charge in [0, 0.05) is 0 Å². The van der Waals surface area contributed by atoms with Crippen LogP contribution >= 0.6 is 0 Å². The second kappa shape index (κ2) is 12.4. The fourth-order valence-electron chi connectivity index (χ4n) is 3.89. The molecule has 2 aromatic carbocycles. The van der Waals surface area contributed by atoms with Gasteiger partial charge in [-0.1, -0.05) is 36.4 Å². The maximum atomic E-state index is 13.4. The van der Waals surface area contributed by atoms with Gasteiger partial charge in [-0.25, -0.2) is 4.79 Å². The van der Waals surface area contributed by atoms with Crippen molar-refractivity contribution in [3.63, 3.8) is 0 Å². The van der Waals surface area contributed by atoms with Gasteiger partial charge in [-0.3, -0.25) is 9.59 Å². The number of nitrogens with one attached hydrogen (secondary N) is 1. The molecule has 0 radical (unpaired) electrons. The Morgan fingerprint density at radius 2 is 1.60 bits per heavy atom. The zero-order valence-electron chi connectivity index (χ0n) is 24.7. The van der Waals surface area contributed by atoms with E-state index in [1.54, 1.807) is 45.9 Å². The Hall–Kier alpha value is -3.37. The molecule has 2 aromatic rings. The molecule has 1 N–H and O–H groups in total. The van der Waals surface area contributed by atoms with Crippen molar-refractivity contribution < 1.29 is 37.9 Å². The van der Waals surface area contributed by atoms with Gasteiger partial charge in [0.25, 0.3) is 5.91 Å². The zero-order chi connectivity index (χ0) is 29.7. The molecule has 1 atom stereocenters. The Labute approximate surface area is 237 Å². The minimum Gasteiger partial charge on any atom is -0.493 e. The highest BCUT2D eigenvalue weighted by Crippen LogP contribution is 2.36. The lowest BCUT2D eigenvalue weighted by Crippen LogP contribution is -2.45. The summed E-state index contributed by atoms with van der Waals surface area (Å²) in [6.07, 6.45) is -0.399. The van der Waals surface area contributed by atoms with Crippen LogP contribution in [-0.4, -0.2) is 54.4 Å².